The summed E-state index contributed by atoms with van der Waals surface area (Å²) in [5, 5.41) is 0. The van der Waals surface area contributed by atoms with Crippen LogP contribution >= 0.6 is 0 Å². The van der Waals surface area contributed by atoms with E-state index in [2.05, 4.69) is 55.5 Å². The lowest BCUT2D eigenvalue weighted by molar-refractivity contribution is -0.148. The second kappa shape index (κ2) is 11.8. The number of benzene rings is 3. The van der Waals surface area contributed by atoms with Crippen molar-refractivity contribution in [3.8, 4) is 17.2 Å². The number of nitrogens with zero attached hydrogens (tertiary/aromatic N) is 1. The molecule has 1 unspecified atom stereocenters. The maximum atomic E-state index is 11.5. The fraction of sp³-hybridized carbons (Fsp3) is 0.300. The predicted molar refractivity (Wildman–Crippen MR) is 141 cm³/mol. The summed E-state index contributed by atoms with van der Waals surface area (Å²) in [6.07, 6.45) is 0.506. The number of carbonyl (C=O) groups is 1. The van der Waals surface area contributed by atoms with E-state index in [1.807, 2.05) is 43.3 Å². The third-order valence-electron chi connectivity index (χ3n) is 5.92. The second-order valence-corrected chi connectivity index (χ2v) is 8.97. The lowest BCUT2D eigenvalue weighted by Gasteiger charge is -2.21. The molecule has 0 amide bonds. The maximum Gasteiger partial charge on any atom is 0.303 e. The molecular formula is C30H33NO5. The zero-order chi connectivity index (χ0) is 25.5. The van der Waals surface area contributed by atoms with Crippen molar-refractivity contribution < 1.29 is 23.7 Å². The molecule has 3 aromatic rings. The van der Waals surface area contributed by atoms with Gasteiger partial charge in [0.1, 0.15) is 18.5 Å². The number of hydrogen-bond donors (Lipinski definition) is 0. The lowest BCUT2D eigenvalue weighted by atomic mass is 9.88. The molecule has 0 N–H and O–H groups in total. The number of esters is 1. The Kier molecular flexibility index (Phi) is 8.28. The molecule has 0 radical (unpaired) electrons. The van der Waals surface area contributed by atoms with Crippen molar-refractivity contribution in [3.05, 3.63) is 89.5 Å². The molecule has 6 nitrogen and oxygen atoms in total. The summed E-state index contributed by atoms with van der Waals surface area (Å²) in [5.41, 5.74) is 5.71. The highest BCUT2D eigenvalue weighted by atomic mass is 16.7. The molecule has 6 heteroatoms. The lowest BCUT2D eigenvalue weighted by Crippen LogP contribution is -2.34. The zero-order valence-corrected chi connectivity index (χ0v) is 21.3. The Hall–Kier alpha value is -3.77. The van der Waals surface area contributed by atoms with Gasteiger partial charge in [-0.15, -0.1) is 0 Å². The summed E-state index contributed by atoms with van der Waals surface area (Å²) >= 11 is 0. The average molecular weight is 488 g/mol. The molecule has 0 spiro atoms. The number of carbonyl (C=O) groups excluding carboxylic acids is 1. The van der Waals surface area contributed by atoms with Crippen LogP contribution in [-0.4, -0.2) is 51.0 Å². The number of hydrogen-bond acceptors (Lipinski definition) is 6. The first-order valence-electron chi connectivity index (χ1n) is 12.2. The van der Waals surface area contributed by atoms with E-state index in [4.69, 9.17) is 18.9 Å². The summed E-state index contributed by atoms with van der Waals surface area (Å²) in [4.78, 5) is 13.4. The van der Waals surface area contributed by atoms with E-state index in [1.54, 1.807) is 0 Å². The van der Waals surface area contributed by atoms with Crippen LogP contribution in [0.2, 0.25) is 0 Å². The van der Waals surface area contributed by atoms with Crippen LogP contribution in [0.1, 0.15) is 37.0 Å². The van der Waals surface area contributed by atoms with E-state index < -0.39 is 0 Å². The number of ether oxygens (including phenoxy) is 4. The van der Waals surface area contributed by atoms with Crippen LogP contribution in [0.25, 0.3) is 11.1 Å². The van der Waals surface area contributed by atoms with Gasteiger partial charge in [0.25, 0.3) is 0 Å². The quantitative estimate of drug-likeness (QED) is 0.272. The molecule has 0 saturated carbocycles. The minimum Gasteiger partial charge on any atom is -0.490 e. The van der Waals surface area contributed by atoms with Crippen molar-refractivity contribution in [1.82, 2.24) is 4.90 Å². The molecule has 1 heterocycles. The van der Waals surface area contributed by atoms with Gasteiger partial charge >= 0.3 is 5.97 Å². The van der Waals surface area contributed by atoms with Crippen molar-refractivity contribution in [1.29, 1.82) is 0 Å². The van der Waals surface area contributed by atoms with Crippen molar-refractivity contribution in [3.63, 3.8) is 0 Å². The number of likely N-dealkylation sites (N-methyl/N-ethyl adjacent to an activating group) is 1. The molecule has 0 aromatic heterocycles. The van der Waals surface area contributed by atoms with Gasteiger partial charge in [-0.25, -0.2) is 0 Å². The number of fused-ring (bicyclic) bond motifs is 1. The standard InChI is InChI=1S/C30H33NO5/c1-5-27(24-13-16-28-29(17-24)35-20-34-28)30(22-9-7-6-8-10-22)23-11-14-25(15-12-23)33-19-26(18-31(3)4)36-21(2)32/h6-17,26H,5,18-20H2,1-4H3. The minimum atomic E-state index is -0.338. The van der Waals surface area contributed by atoms with Crippen LogP contribution in [-0.2, 0) is 9.53 Å². The maximum absolute atomic E-state index is 11.5. The van der Waals surface area contributed by atoms with Gasteiger partial charge < -0.3 is 23.8 Å². The zero-order valence-electron chi connectivity index (χ0n) is 21.3. The molecule has 3 aromatic carbocycles. The molecule has 188 valence electrons. The predicted octanol–water partition coefficient (Wildman–Crippen LogP) is 5.66. The molecule has 0 saturated heterocycles. The molecule has 0 aliphatic carbocycles. The van der Waals surface area contributed by atoms with E-state index in [1.165, 1.54) is 12.5 Å². The SMILES string of the molecule is CCC(=C(c1ccccc1)c1ccc(OCC(CN(C)C)OC(C)=O)cc1)c1ccc2c(c1)OCO2. The van der Waals surface area contributed by atoms with Crippen molar-refractivity contribution in [2.24, 2.45) is 0 Å². The van der Waals surface area contributed by atoms with Crippen molar-refractivity contribution in [2.45, 2.75) is 26.4 Å². The molecule has 1 atom stereocenters. The molecule has 4 rings (SSSR count). The Bertz CT molecular complexity index is 1200. The summed E-state index contributed by atoms with van der Waals surface area (Å²) in [6, 6.07) is 24.6. The highest BCUT2D eigenvalue weighted by molar-refractivity contribution is 5.98. The highest BCUT2D eigenvalue weighted by Gasteiger charge is 2.18. The summed E-state index contributed by atoms with van der Waals surface area (Å²) in [5.74, 6) is 1.96. The van der Waals surface area contributed by atoms with Gasteiger partial charge in [0.2, 0.25) is 6.79 Å². The Labute approximate surface area is 213 Å². The Morgan fingerprint density at radius 1 is 0.917 bits per heavy atom. The normalized spacial score (nSPS) is 13.8. The van der Waals surface area contributed by atoms with Gasteiger partial charge in [0.15, 0.2) is 11.5 Å². The van der Waals surface area contributed by atoms with Crippen LogP contribution in [0.5, 0.6) is 17.2 Å². The van der Waals surface area contributed by atoms with Crippen LogP contribution in [0.4, 0.5) is 0 Å². The summed E-state index contributed by atoms with van der Waals surface area (Å²) in [7, 11) is 3.88. The van der Waals surface area contributed by atoms with Crippen LogP contribution in [0.15, 0.2) is 72.8 Å². The molecule has 1 aliphatic heterocycles. The van der Waals surface area contributed by atoms with Crippen molar-refractivity contribution in [2.75, 3.05) is 34.0 Å². The van der Waals surface area contributed by atoms with Crippen LogP contribution in [0.3, 0.4) is 0 Å². The van der Waals surface area contributed by atoms with E-state index in [-0.39, 0.29) is 25.5 Å². The summed E-state index contributed by atoms with van der Waals surface area (Å²) < 4.78 is 22.5. The van der Waals surface area contributed by atoms with E-state index in [0.29, 0.717) is 6.54 Å². The fourth-order valence-electron chi connectivity index (χ4n) is 4.40. The average Bonchev–Trinajstić information content (AvgIpc) is 3.34. The van der Waals surface area contributed by atoms with Gasteiger partial charge in [-0.1, -0.05) is 55.5 Å². The molecule has 0 fully saturated rings. The molecular weight excluding hydrogens is 454 g/mol. The second-order valence-electron chi connectivity index (χ2n) is 8.97. The Balaban J connectivity index is 1.64. The summed E-state index contributed by atoms with van der Waals surface area (Å²) in [6.45, 7) is 4.72. The highest BCUT2D eigenvalue weighted by Crippen LogP contribution is 2.39. The fourth-order valence-corrected chi connectivity index (χ4v) is 4.40. The Morgan fingerprint density at radius 3 is 2.25 bits per heavy atom. The number of rotatable bonds is 10. The third kappa shape index (κ3) is 6.26. The largest absolute Gasteiger partial charge is 0.490 e. The first kappa shape index (κ1) is 25.3. The number of allylic oxidation sites excluding steroid dienone is 1. The minimum absolute atomic E-state index is 0.254. The van der Waals surface area contributed by atoms with E-state index >= 15 is 0 Å². The molecule has 1 aliphatic rings. The van der Waals surface area contributed by atoms with Crippen LogP contribution < -0.4 is 14.2 Å². The monoisotopic (exact) mass is 487 g/mol. The third-order valence-corrected chi connectivity index (χ3v) is 5.92. The topological polar surface area (TPSA) is 57.2 Å². The van der Waals surface area contributed by atoms with E-state index in [0.717, 1.165) is 45.9 Å². The molecule has 0 bridgehead atoms. The smallest absolute Gasteiger partial charge is 0.303 e. The van der Waals surface area contributed by atoms with E-state index in [9.17, 15) is 4.79 Å². The van der Waals surface area contributed by atoms with Gasteiger partial charge in [-0.3, -0.25) is 4.79 Å². The van der Waals surface area contributed by atoms with Crippen molar-refractivity contribution >= 4 is 17.1 Å². The molecule has 36 heavy (non-hydrogen) atoms. The van der Waals surface area contributed by atoms with Gasteiger partial charge in [0, 0.05) is 13.5 Å². The first-order chi connectivity index (χ1) is 17.4. The Morgan fingerprint density at radius 2 is 1.58 bits per heavy atom. The first-order valence-corrected chi connectivity index (χ1v) is 12.2. The van der Waals surface area contributed by atoms with Gasteiger partial charge in [-0.2, -0.15) is 0 Å². The van der Waals surface area contributed by atoms with Gasteiger partial charge in [-0.05, 0) is 72.6 Å². The van der Waals surface area contributed by atoms with Gasteiger partial charge in [0.05, 0.1) is 0 Å². The van der Waals surface area contributed by atoms with Crippen LogP contribution in [0, 0.1) is 0 Å².